The Morgan fingerprint density at radius 1 is 1.47 bits per heavy atom. The fourth-order valence-electron chi connectivity index (χ4n) is 1.78. The molecule has 2 rings (SSSR count). The Morgan fingerprint density at radius 3 is 2.94 bits per heavy atom. The van der Waals surface area contributed by atoms with Crippen LogP contribution in [0.2, 0.25) is 0 Å². The summed E-state index contributed by atoms with van der Waals surface area (Å²) in [6.07, 6.45) is 0. The van der Waals surface area contributed by atoms with Crippen LogP contribution in [0.4, 0.5) is 10.1 Å². The molecule has 1 aromatic carbocycles. The molecule has 0 spiro atoms. The number of hydrogen-bond donors (Lipinski definition) is 3. The van der Waals surface area contributed by atoms with Gasteiger partial charge in [-0.05, 0) is 24.6 Å². The molecule has 1 aliphatic rings. The minimum Gasteiger partial charge on any atom is -0.322 e. The van der Waals surface area contributed by atoms with Crippen LogP contribution in [0.25, 0.3) is 0 Å². The third kappa shape index (κ3) is 3.01. The lowest BCUT2D eigenvalue weighted by Crippen LogP contribution is -2.54. The van der Waals surface area contributed by atoms with Crippen molar-refractivity contribution in [3.8, 4) is 0 Å². The van der Waals surface area contributed by atoms with Gasteiger partial charge >= 0.3 is 0 Å². The van der Waals surface area contributed by atoms with Crippen molar-refractivity contribution in [1.29, 1.82) is 0 Å². The molecule has 1 fully saturated rings. The van der Waals surface area contributed by atoms with Gasteiger partial charge in [-0.3, -0.25) is 4.79 Å². The Balaban J connectivity index is 2.02. The Hall–Kier alpha value is -1.46. The maximum atomic E-state index is 13.5. The molecule has 5 heteroatoms. The monoisotopic (exact) mass is 237 g/mol. The number of carbonyl (C=O) groups excluding carboxylic acids is 1. The zero-order valence-electron chi connectivity index (χ0n) is 9.72. The van der Waals surface area contributed by atoms with Crippen molar-refractivity contribution in [2.45, 2.75) is 13.0 Å². The first kappa shape index (κ1) is 12.0. The maximum Gasteiger partial charge on any atom is 0.242 e. The van der Waals surface area contributed by atoms with Gasteiger partial charge in [0.2, 0.25) is 5.91 Å². The minimum absolute atomic E-state index is 0.208. The van der Waals surface area contributed by atoms with E-state index in [1.807, 2.05) is 0 Å². The molecule has 0 aromatic heterocycles. The lowest BCUT2D eigenvalue weighted by molar-refractivity contribution is -0.118. The quantitative estimate of drug-likeness (QED) is 0.707. The van der Waals surface area contributed by atoms with Gasteiger partial charge in [-0.15, -0.1) is 0 Å². The van der Waals surface area contributed by atoms with Gasteiger partial charge in [0.05, 0.1) is 11.7 Å². The van der Waals surface area contributed by atoms with E-state index in [0.717, 1.165) is 18.7 Å². The highest BCUT2D eigenvalue weighted by Crippen LogP contribution is 2.15. The highest BCUT2D eigenvalue weighted by molar-refractivity contribution is 5.95. The standard InChI is InChI=1S/C12H16FN3O/c1-8-2-3-10(9(13)6-8)16-12(17)11-7-14-4-5-15-11/h2-3,6,11,14-15H,4-5,7H2,1H3,(H,16,17). The zero-order valence-corrected chi connectivity index (χ0v) is 9.72. The first-order valence-electron chi connectivity index (χ1n) is 5.68. The van der Waals surface area contributed by atoms with Gasteiger partial charge in [0, 0.05) is 19.6 Å². The zero-order chi connectivity index (χ0) is 12.3. The van der Waals surface area contributed by atoms with Gasteiger partial charge in [-0.1, -0.05) is 6.07 Å². The number of halogens is 1. The number of hydrogen-bond acceptors (Lipinski definition) is 3. The summed E-state index contributed by atoms with van der Waals surface area (Å²) in [5.74, 6) is -0.609. The van der Waals surface area contributed by atoms with Crippen LogP contribution in [-0.4, -0.2) is 31.6 Å². The molecule has 4 nitrogen and oxygen atoms in total. The Labute approximate surface area is 99.6 Å². The Morgan fingerprint density at radius 2 is 2.29 bits per heavy atom. The van der Waals surface area contributed by atoms with Crippen LogP contribution < -0.4 is 16.0 Å². The van der Waals surface area contributed by atoms with E-state index in [0.29, 0.717) is 6.54 Å². The van der Waals surface area contributed by atoms with Crippen molar-refractivity contribution < 1.29 is 9.18 Å². The van der Waals surface area contributed by atoms with E-state index in [9.17, 15) is 9.18 Å². The van der Waals surface area contributed by atoms with Crippen molar-refractivity contribution in [2.24, 2.45) is 0 Å². The van der Waals surface area contributed by atoms with Crippen LogP contribution in [0.5, 0.6) is 0 Å². The van der Waals surface area contributed by atoms with E-state index < -0.39 is 5.82 Å². The van der Waals surface area contributed by atoms with Gasteiger partial charge in [0.1, 0.15) is 5.82 Å². The van der Waals surface area contributed by atoms with E-state index in [4.69, 9.17) is 0 Å². The van der Waals surface area contributed by atoms with Crippen LogP contribution >= 0.6 is 0 Å². The molecule has 1 aromatic rings. The van der Waals surface area contributed by atoms with Crippen molar-refractivity contribution in [3.63, 3.8) is 0 Å². The molecule has 1 atom stereocenters. The summed E-state index contributed by atoms with van der Waals surface area (Å²) in [4.78, 5) is 11.8. The highest BCUT2D eigenvalue weighted by Gasteiger charge is 2.20. The predicted octanol–water partition coefficient (Wildman–Crippen LogP) is 0.634. The van der Waals surface area contributed by atoms with Crippen LogP contribution in [0, 0.1) is 12.7 Å². The largest absolute Gasteiger partial charge is 0.322 e. The van der Waals surface area contributed by atoms with Crippen molar-refractivity contribution in [1.82, 2.24) is 10.6 Å². The van der Waals surface area contributed by atoms with Crippen LogP contribution in [0.1, 0.15) is 5.56 Å². The number of aryl methyl sites for hydroxylation is 1. The van der Waals surface area contributed by atoms with E-state index in [2.05, 4.69) is 16.0 Å². The summed E-state index contributed by atoms with van der Waals surface area (Å²) >= 11 is 0. The lowest BCUT2D eigenvalue weighted by Gasteiger charge is -2.23. The summed E-state index contributed by atoms with van der Waals surface area (Å²) in [6.45, 7) is 3.97. The molecule has 3 N–H and O–H groups in total. The lowest BCUT2D eigenvalue weighted by atomic mass is 10.2. The molecule has 1 saturated heterocycles. The Kier molecular flexibility index (Phi) is 3.71. The van der Waals surface area contributed by atoms with Gasteiger partial charge in [0.15, 0.2) is 0 Å². The summed E-state index contributed by atoms with van der Waals surface area (Å²) in [5, 5.41) is 8.77. The highest BCUT2D eigenvalue weighted by atomic mass is 19.1. The molecular formula is C12H16FN3O. The predicted molar refractivity (Wildman–Crippen MR) is 64.4 cm³/mol. The number of carbonyl (C=O) groups is 1. The second-order valence-electron chi connectivity index (χ2n) is 4.18. The average molecular weight is 237 g/mol. The molecule has 0 saturated carbocycles. The van der Waals surface area contributed by atoms with Crippen molar-refractivity contribution in [2.75, 3.05) is 25.0 Å². The summed E-state index contributed by atoms with van der Waals surface area (Å²) < 4.78 is 13.5. The number of piperazine rings is 1. The molecule has 1 amide bonds. The van der Waals surface area contributed by atoms with E-state index in [1.165, 1.54) is 6.07 Å². The molecule has 17 heavy (non-hydrogen) atoms. The third-order valence-electron chi connectivity index (χ3n) is 2.74. The molecule has 0 aliphatic carbocycles. The van der Waals surface area contributed by atoms with Crippen LogP contribution in [0.3, 0.4) is 0 Å². The van der Waals surface area contributed by atoms with Gasteiger partial charge in [-0.25, -0.2) is 4.39 Å². The second kappa shape index (κ2) is 5.25. The van der Waals surface area contributed by atoms with Crippen molar-refractivity contribution >= 4 is 11.6 Å². The number of nitrogens with one attached hydrogen (secondary N) is 3. The summed E-state index contributed by atoms with van der Waals surface area (Å²) in [6, 6.07) is 4.45. The molecule has 0 radical (unpaired) electrons. The van der Waals surface area contributed by atoms with Crippen LogP contribution in [-0.2, 0) is 4.79 Å². The molecule has 92 valence electrons. The van der Waals surface area contributed by atoms with Gasteiger partial charge in [-0.2, -0.15) is 0 Å². The fraction of sp³-hybridized carbons (Fsp3) is 0.417. The molecule has 1 heterocycles. The summed E-state index contributed by atoms with van der Waals surface area (Å²) in [7, 11) is 0. The van der Waals surface area contributed by atoms with E-state index >= 15 is 0 Å². The molecule has 0 bridgehead atoms. The average Bonchev–Trinajstić information content (AvgIpc) is 2.34. The summed E-state index contributed by atoms with van der Waals surface area (Å²) in [5.41, 5.74) is 1.06. The third-order valence-corrected chi connectivity index (χ3v) is 2.74. The molecular weight excluding hydrogens is 221 g/mol. The number of anilines is 1. The van der Waals surface area contributed by atoms with Gasteiger partial charge in [0.25, 0.3) is 0 Å². The first-order valence-corrected chi connectivity index (χ1v) is 5.68. The number of rotatable bonds is 2. The molecule has 1 unspecified atom stereocenters. The Bertz CT molecular complexity index is 416. The number of benzene rings is 1. The fourth-order valence-corrected chi connectivity index (χ4v) is 1.78. The SMILES string of the molecule is Cc1ccc(NC(=O)C2CNCCN2)c(F)c1. The van der Waals surface area contributed by atoms with E-state index in [1.54, 1.807) is 19.1 Å². The van der Waals surface area contributed by atoms with E-state index in [-0.39, 0.29) is 17.6 Å². The first-order chi connectivity index (χ1) is 8.16. The van der Waals surface area contributed by atoms with Gasteiger partial charge < -0.3 is 16.0 Å². The maximum absolute atomic E-state index is 13.5. The smallest absolute Gasteiger partial charge is 0.242 e. The minimum atomic E-state index is -0.401. The second-order valence-corrected chi connectivity index (χ2v) is 4.18. The normalized spacial score (nSPS) is 20.0. The van der Waals surface area contributed by atoms with Crippen LogP contribution in [0.15, 0.2) is 18.2 Å². The van der Waals surface area contributed by atoms with Crippen molar-refractivity contribution in [3.05, 3.63) is 29.6 Å². The number of amides is 1. The topological polar surface area (TPSA) is 53.2 Å². The molecule has 1 aliphatic heterocycles.